The second-order valence-corrected chi connectivity index (χ2v) is 9.79. The van der Waals surface area contributed by atoms with E-state index in [2.05, 4.69) is 39.9 Å². The van der Waals surface area contributed by atoms with E-state index in [-0.39, 0.29) is 5.60 Å². The van der Waals surface area contributed by atoms with Crippen molar-refractivity contribution in [3.8, 4) is 0 Å². The molecular formula is C22H43NO. The molecule has 2 rings (SSSR count). The van der Waals surface area contributed by atoms with Gasteiger partial charge in [-0.2, -0.15) is 0 Å². The molecule has 1 heterocycles. The first-order valence-electron chi connectivity index (χ1n) is 10.7. The molecule has 1 saturated carbocycles. The maximum absolute atomic E-state index is 5.97. The van der Waals surface area contributed by atoms with Crippen molar-refractivity contribution in [2.75, 3.05) is 13.2 Å². The van der Waals surface area contributed by atoms with Crippen molar-refractivity contribution in [3.05, 3.63) is 0 Å². The summed E-state index contributed by atoms with van der Waals surface area (Å²) >= 11 is 0. The Morgan fingerprint density at radius 3 is 2.33 bits per heavy atom. The predicted octanol–water partition coefficient (Wildman–Crippen LogP) is 5.80. The second kappa shape index (κ2) is 9.57. The quantitative estimate of drug-likeness (QED) is 0.604. The molecule has 0 radical (unpaired) electrons. The fourth-order valence-corrected chi connectivity index (χ4v) is 4.78. The van der Waals surface area contributed by atoms with Gasteiger partial charge in [0.15, 0.2) is 0 Å². The molecule has 2 fully saturated rings. The SMILES string of the molecule is CC(C)CC[C@H](CCNC1CCC(C)CC1)[C@H]1CCOC(C)(C)C1. The van der Waals surface area contributed by atoms with Crippen molar-refractivity contribution >= 4 is 0 Å². The molecule has 2 nitrogen and oxygen atoms in total. The zero-order valence-electron chi connectivity index (χ0n) is 17.1. The summed E-state index contributed by atoms with van der Waals surface area (Å²) in [7, 11) is 0. The summed E-state index contributed by atoms with van der Waals surface area (Å²) in [5.74, 6) is 3.52. The van der Waals surface area contributed by atoms with Crippen LogP contribution in [0.4, 0.5) is 0 Å². The van der Waals surface area contributed by atoms with Crippen LogP contribution < -0.4 is 5.32 Å². The largest absolute Gasteiger partial charge is 0.376 e. The van der Waals surface area contributed by atoms with E-state index in [1.165, 1.54) is 64.3 Å². The summed E-state index contributed by atoms with van der Waals surface area (Å²) in [4.78, 5) is 0. The van der Waals surface area contributed by atoms with E-state index in [9.17, 15) is 0 Å². The Morgan fingerprint density at radius 2 is 1.71 bits per heavy atom. The summed E-state index contributed by atoms with van der Waals surface area (Å²) in [5, 5.41) is 3.89. The number of rotatable bonds is 8. The van der Waals surface area contributed by atoms with Gasteiger partial charge in [0.2, 0.25) is 0 Å². The lowest BCUT2D eigenvalue weighted by Gasteiger charge is -2.40. The highest BCUT2D eigenvalue weighted by molar-refractivity contribution is 4.84. The van der Waals surface area contributed by atoms with Crippen molar-refractivity contribution in [2.24, 2.45) is 23.7 Å². The zero-order valence-corrected chi connectivity index (χ0v) is 17.1. The third kappa shape index (κ3) is 7.04. The summed E-state index contributed by atoms with van der Waals surface area (Å²) in [6.45, 7) is 13.9. The van der Waals surface area contributed by atoms with Gasteiger partial charge in [-0.25, -0.2) is 0 Å². The van der Waals surface area contributed by atoms with E-state index >= 15 is 0 Å². The van der Waals surface area contributed by atoms with Crippen molar-refractivity contribution in [3.63, 3.8) is 0 Å². The van der Waals surface area contributed by atoms with Crippen LogP contribution in [0.2, 0.25) is 0 Å². The zero-order chi connectivity index (χ0) is 17.6. The first-order valence-corrected chi connectivity index (χ1v) is 10.7. The Labute approximate surface area is 151 Å². The smallest absolute Gasteiger partial charge is 0.0629 e. The van der Waals surface area contributed by atoms with Crippen molar-refractivity contribution in [1.29, 1.82) is 0 Å². The summed E-state index contributed by atoms with van der Waals surface area (Å²) in [5.41, 5.74) is 0.0892. The van der Waals surface area contributed by atoms with Crippen molar-refractivity contribution in [1.82, 2.24) is 5.32 Å². The van der Waals surface area contributed by atoms with Gasteiger partial charge in [-0.3, -0.25) is 0 Å². The van der Waals surface area contributed by atoms with Gasteiger partial charge < -0.3 is 10.1 Å². The van der Waals surface area contributed by atoms with Gasteiger partial charge in [0.1, 0.15) is 0 Å². The van der Waals surface area contributed by atoms with Crippen molar-refractivity contribution in [2.45, 2.75) is 104 Å². The number of hydrogen-bond acceptors (Lipinski definition) is 2. The van der Waals surface area contributed by atoms with Crippen molar-refractivity contribution < 1.29 is 4.74 Å². The van der Waals surface area contributed by atoms with E-state index in [0.29, 0.717) is 0 Å². The average molecular weight is 338 g/mol. The predicted molar refractivity (Wildman–Crippen MR) is 104 cm³/mol. The molecule has 24 heavy (non-hydrogen) atoms. The number of nitrogens with one attached hydrogen (secondary N) is 1. The fraction of sp³-hybridized carbons (Fsp3) is 1.00. The minimum absolute atomic E-state index is 0.0892. The highest BCUT2D eigenvalue weighted by Gasteiger charge is 2.33. The Morgan fingerprint density at radius 1 is 1.00 bits per heavy atom. The Kier molecular flexibility index (Phi) is 8.07. The lowest BCUT2D eigenvalue weighted by molar-refractivity contribution is -0.0840. The molecule has 0 amide bonds. The molecule has 1 N–H and O–H groups in total. The van der Waals surface area contributed by atoms with Crippen LogP contribution in [0.3, 0.4) is 0 Å². The number of ether oxygens (including phenoxy) is 1. The lowest BCUT2D eigenvalue weighted by Crippen LogP contribution is -2.38. The molecule has 0 spiro atoms. The van der Waals surface area contributed by atoms with Crippen LogP contribution in [0, 0.1) is 23.7 Å². The van der Waals surface area contributed by atoms with Gasteiger partial charge in [-0.1, -0.05) is 27.2 Å². The minimum Gasteiger partial charge on any atom is -0.376 e. The second-order valence-electron chi connectivity index (χ2n) is 9.79. The summed E-state index contributed by atoms with van der Waals surface area (Å²) in [6.07, 6.45) is 12.3. The molecule has 0 aromatic carbocycles. The molecule has 0 aromatic rings. The molecule has 0 unspecified atom stereocenters. The molecule has 0 aromatic heterocycles. The van der Waals surface area contributed by atoms with Crippen LogP contribution in [-0.4, -0.2) is 24.8 Å². The lowest BCUT2D eigenvalue weighted by atomic mass is 9.75. The van der Waals surface area contributed by atoms with Gasteiger partial charge >= 0.3 is 0 Å². The maximum atomic E-state index is 5.97. The normalized spacial score (nSPS) is 32.0. The van der Waals surface area contributed by atoms with Crippen LogP contribution in [0.15, 0.2) is 0 Å². The van der Waals surface area contributed by atoms with E-state index in [0.717, 1.165) is 36.3 Å². The minimum atomic E-state index is 0.0892. The molecule has 142 valence electrons. The fourth-order valence-electron chi connectivity index (χ4n) is 4.78. The molecule has 0 bridgehead atoms. The Bertz CT molecular complexity index is 344. The molecule has 2 aliphatic rings. The summed E-state index contributed by atoms with van der Waals surface area (Å²) < 4.78 is 5.97. The van der Waals surface area contributed by atoms with Gasteiger partial charge in [0, 0.05) is 12.6 Å². The Balaban J connectivity index is 1.79. The van der Waals surface area contributed by atoms with Crippen LogP contribution in [0.5, 0.6) is 0 Å². The first kappa shape index (κ1) is 20.2. The maximum Gasteiger partial charge on any atom is 0.0629 e. The summed E-state index contributed by atoms with van der Waals surface area (Å²) in [6, 6.07) is 0.790. The van der Waals surface area contributed by atoms with Gasteiger partial charge in [0.25, 0.3) is 0 Å². The Hall–Kier alpha value is -0.0800. The molecule has 1 aliphatic carbocycles. The van der Waals surface area contributed by atoms with Gasteiger partial charge in [-0.15, -0.1) is 0 Å². The molecule has 1 saturated heterocycles. The highest BCUT2D eigenvalue weighted by atomic mass is 16.5. The first-order chi connectivity index (χ1) is 11.4. The standard InChI is InChI=1S/C22H43NO/c1-17(2)6-9-19(20-13-15-24-22(4,5)16-20)12-14-23-21-10-7-18(3)8-11-21/h17-21,23H,6-16H2,1-5H3/t18?,19-,20+,21?/m1/s1. The number of hydrogen-bond donors (Lipinski definition) is 1. The van der Waals surface area contributed by atoms with Crippen LogP contribution in [0.25, 0.3) is 0 Å². The molecular weight excluding hydrogens is 294 g/mol. The topological polar surface area (TPSA) is 21.3 Å². The van der Waals surface area contributed by atoms with Gasteiger partial charge in [0.05, 0.1) is 5.60 Å². The molecule has 2 heteroatoms. The van der Waals surface area contributed by atoms with E-state index < -0.39 is 0 Å². The highest BCUT2D eigenvalue weighted by Crippen LogP contribution is 2.37. The van der Waals surface area contributed by atoms with Crippen LogP contribution in [0.1, 0.15) is 92.4 Å². The third-order valence-corrected chi connectivity index (χ3v) is 6.48. The average Bonchev–Trinajstić information content (AvgIpc) is 2.51. The third-order valence-electron chi connectivity index (χ3n) is 6.48. The van der Waals surface area contributed by atoms with Gasteiger partial charge in [-0.05, 0) is 95.4 Å². The van der Waals surface area contributed by atoms with E-state index in [1.54, 1.807) is 0 Å². The molecule has 1 aliphatic heterocycles. The van der Waals surface area contributed by atoms with E-state index in [1.807, 2.05) is 0 Å². The van der Waals surface area contributed by atoms with E-state index in [4.69, 9.17) is 4.74 Å². The van der Waals surface area contributed by atoms with Crippen LogP contribution >= 0.6 is 0 Å². The van der Waals surface area contributed by atoms with Crippen LogP contribution in [-0.2, 0) is 4.74 Å². The monoisotopic (exact) mass is 337 g/mol. The molecule has 2 atom stereocenters.